The van der Waals surface area contributed by atoms with Crippen molar-refractivity contribution >= 4 is 23.9 Å². The Morgan fingerprint density at radius 1 is 1.07 bits per heavy atom. The first-order valence-corrected chi connectivity index (χ1v) is 10.1. The van der Waals surface area contributed by atoms with Crippen molar-refractivity contribution < 1.29 is 4.74 Å². The number of benzene rings is 2. The third-order valence-corrected chi connectivity index (χ3v) is 5.41. The highest BCUT2D eigenvalue weighted by atomic mass is 35.5. The molecule has 0 saturated carbocycles. The molecule has 3 rings (SSSR count). The van der Waals surface area contributed by atoms with Crippen molar-refractivity contribution in [3.63, 3.8) is 0 Å². The van der Waals surface area contributed by atoms with Gasteiger partial charge in [-0.3, -0.25) is 0 Å². The van der Waals surface area contributed by atoms with E-state index in [1.54, 1.807) is 0 Å². The van der Waals surface area contributed by atoms with Crippen LogP contribution in [0.2, 0.25) is 0 Å². The summed E-state index contributed by atoms with van der Waals surface area (Å²) < 4.78 is 10.5. The molecular weight excluding hydrogens is 390 g/mol. The number of hydrogen-bond acceptors (Lipinski definition) is 5. The Morgan fingerprint density at radius 3 is 2.57 bits per heavy atom. The summed E-state index contributed by atoms with van der Waals surface area (Å²) in [6, 6.07) is 12.5. The fourth-order valence-corrected chi connectivity index (χ4v) is 3.51. The lowest BCUT2D eigenvalue weighted by molar-refractivity contribution is 0.357. The van der Waals surface area contributed by atoms with E-state index < -0.39 is 0 Å². The topological polar surface area (TPSA) is 38.2 Å². The van der Waals surface area contributed by atoms with E-state index in [1.807, 2.05) is 12.1 Å². The summed E-state index contributed by atoms with van der Waals surface area (Å²) in [5, 5.41) is 0.576. The van der Waals surface area contributed by atoms with Crippen LogP contribution in [0.3, 0.4) is 0 Å². The van der Waals surface area contributed by atoms with Crippen molar-refractivity contribution in [1.29, 1.82) is 0 Å². The number of aryl methyl sites for hydroxylation is 3. The number of hydrogen-bond donors (Lipinski definition) is 0. The second kappa shape index (κ2) is 10.0. The van der Waals surface area contributed by atoms with E-state index in [9.17, 15) is 0 Å². The minimum absolute atomic E-state index is 0. The number of nitrogens with zero attached hydrogens (tertiary/aromatic N) is 3. The second-order valence-corrected chi connectivity index (χ2v) is 7.76. The fraction of sp³-hybridized carbons (Fsp3) is 0.364. The summed E-state index contributed by atoms with van der Waals surface area (Å²) in [4.78, 5) is 6.89. The predicted octanol–water partition coefficient (Wildman–Crippen LogP) is 5.84. The van der Waals surface area contributed by atoms with Crippen molar-refractivity contribution in [1.82, 2.24) is 14.3 Å². The maximum Gasteiger partial charge on any atom is 0.299 e. The molecule has 0 aliphatic heterocycles. The van der Waals surface area contributed by atoms with Gasteiger partial charge >= 0.3 is 0 Å². The van der Waals surface area contributed by atoms with E-state index >= 15 is 0 Å². The van der Waals surface area contributed by atoms with Crippen LogP contribution < -0.4 is 4.74 Å². The Labute approximate surface area is 178 Å². The molecule has 0 amide bonds. The lowest BCUT2D eigenvalue weighted by atomic mass is 10.0. The summed E-state index contributed by atoms with van der Waals surface area (Å²) in [6.45, 7) is 10.6. The monoisotopic (exact) mass is 417 g/mol. The SMILES string of the molecule is CCN(C)CCc1cc(C)c(Oc2nc(-c3cccc(C)c3)ns2)cc1C.Cl. The molecule has 1 heterocycles. The molecule has 0 fully saturated rings. The van der Waals surface area contributed by atoms with Gasteiger partial charge < -0.3 is 9.64 Å². The second-order valence-electron chi connectivity index (χ2n) is 7.05. The number of ether oxygens (including phenoxy) is 1. The summed E-state index contributed by atoms with van der Waals surface area (Å²) in [5.74, 6) is 1.57. The van der Waals surface area contributed by atoms with Crippen molar-refractivity contribution in [3.8, 4) is 22.3 Å². The smallest absolute Gasteiger partial charge is 0.299 e. The molecule has 28 heavy (non-hydrogen) atoms. The van der Waals surface area contributed by atoms with Gasteiger partial charge in [0, 0.05) is 23.6 Å². The standard InChI is InChI=1S/C22H27N3OS.ClH/c1-6-25(5)11-10-18-13-17(4)20(14-16(18)3)26-22-23-21(24-27-22)19-9-7-8-15(2)12-19;/h7-9,12-14H,6,10-11H2,1-5H3;1H. The van der Waals surface area contributed by atoms with E-state index in [1.165, 1.54) is 28.2 Å². The molecule has 0 atom stereocenters. The van der Waals surface area contributed by atoms with Gasteiger partial charge in [0.1, 0.15) is 5.75 Å². The van der Waals surface area contributed by atoms with Crippen LogP contribution >= 0.6 is 23.9 Å². The Balaban J connectivity index is 0.00000280. The predicted molar refractivity (Wildman–Crippen MR) is 120 cm³/mol. The highest BCUT2D eigenvalue weighted by Gasteiger charge is 2.12. The average molecular weight is 418 g/mol. The van der Waals surface area contributed by atoms with Gasteiger partial charge in [-0.15, -0.1) is 12.4 Å². The third-order valence-electron chi connectivity index (χ3n) is 4.82. The molecule has 0 bridgehead atoms. The molecule has 0 aliphatic rings. The number of likely N-dealkylation sites (N-methyl/N-ethyl adjacent to an activating group) is 1. The molecule has 3 aromatic rings. The van der Waals surface area contributed by atoms with Crippen LogP contribution in [0.5, 0.6) is 10.9 Å². The van der Waals surface area contributed by atoms with Gasteiger partial charge in [0.15, 0.2) is 5.82 Å². The molecule has 1 aromatic heterocycles. The molecular formula is C22H28ClN3OS. The van der Waals surface area contributed by atoms with Crippen LogP contribution in [-0.4, -0.2) is 34.4 Å². The van der Waals surface area contributed by atoms with Gasteiger partial charge in [-0.05, 0) is 69.6 Å². The van der Waals surface area contributed by atoms with E-state index in [2.05, 4.69) is 73.3 Å². The molecule has 0 aliphatic carbocycles. The normalized spacial score (nSPS) is 10.8. The lowest BCUT2D eigenvalue weighted by Gasteiger charge is -2.16. The first kappa shape index (κ1) is 22.3. The van der Waals surface area contributed by atoms with Crippen LogP contribution in [-0.2, 0) is 6.42 Å². The quantitative estimate of drug-likeness (QED) is 0.484. The van der Waals surface area contributed by atoms with Gasteiger partial charge in [-0.2, -0.15) is 9.36 Å². The molecule has 0 radical (unpaired) electrons. The van der Waals surface area contributed by atoms with Gasteiger partial charge in [-0.25, -0.2) is 0 Å². The average Bonchev–Trinajstić information content (AvgIpc) is 3.11. The Hall–Kier alpha value is -1.95. The largest absolute Gasteiger partial charge is 0.430 e. The number of aromatic nitrogens is 2. The number of rotatable bonds is 7. The molecule has 150 valence electrons. The third kappa shape index (κ3) is 5.53. The first-order valence-electron chi connectivity index (χ1n) is 9.33. The maximum atomic E-state index is 6.06. The molecule has 2 aromatic carbocycles. The highest BCUT2D eigenvalue weighted by molar-refractivity contribution is 7.07. The fourth-order valence-electron chi connectivity index (χ4n) is 2.94. The van der Waals surface area contributed by atoms with E-state index in [-0.39, 0.29) is 12.4 Å². The van der Waals surface area contributed by atoms with Crippen LogP contribution in [0.15, 0.2) is 36.4 Å². The summed E-state index contributed by atoms with van der Waals surface area (Å²) in [5.41, 5.74) is 5.97. The summed E-state index contributed by atoms with van der Waals surface area (Å²) >= 11 is 1.29. The van der Waals surface area contributed by atoms with Gasteiger partial charge in [-0.1, -0.05) is 36.8 Å². The summed E-state index contributed by atoms with van der Waals surface area (Å²) in [7, 11) is 2.15. The summed E-state index contributed by atoms with van der Waals surface area (Å²) in [6.07, 6.45) is 1.05. The Morgan fingerprint density at radius 2 is 1.86 bits per heavy atom. The van der Waals surface area contributed by atoms with Crippen molar-refractivity contribution in [2.75, 3.05) is 20.1 Å². The Kier molecular flexibility index (Phi) is 7.98. The zero-order valence-corrected chi connectivity index (χ0v) is 18.8. The molecule has 0 N–H and O–H groups in total. The molecule has 4 nitrogen and oxygen atoms in total. The first-order chi connectivity index (χ1) is 13.0. The molecule has 0 saturated heterocycles. The van der Waals surface area contributed by atoms with Crippen LogP contribution in [0.4, 0.5) is 0 Å². The van der Waals surface area contributed by atoms with E-state index in [4.69, 9.17) is 4.74 Å². The van der Waals surface area contributed by atoms with Crippen molar-refractivity contribution in [2.45, 2.75) is 34.1 Å². The molecule has 6 heteroatoms. The van der Waals surface area contributed by atoms with Gasteiger partial charge in [0.05, 0.1) is 0 Å². The van der Waals surface area contributed by atoms with E-state index in [0.29, 0.717) is 11.0 Å². The minimum Gasteiger partial charge on any atom is -0.430 e. The van der Waals surface area contributed by atoms with Crippen LogP contribution in [0.25, 0.3) is 11.4 Å². The Bertz CT molecular complexity index is 926. The lowest BCUT2D eigenvalue weighted by Crippen LogP contribution is -2.20. The number of halogens is 1. The van der Waals surface area contributed by atoms with Gasteiger partial charge in [0.2, 0.25) is 0 Å². The van der Waals surface area contributed by atoms with Crippen LogP contribution in [0.1, 0.15) is 29.2 Å². The van der Waals surface area contributed by atoms with Crippen molar-refractivity contribution in [3.05, 3.63) is 58.7 Å². The highest BCUT2D eigenvalue weighted by Crippen LogP contribution is 2.31. The van der Waals surface area contributed by atoms with Crippen molar-refractivity contribution in [2.24, 2.45) is 0 Å². The zero-order chi connectivity index (χ0) is 19.4. The molecule has 0 unspecified atom stereocenters. The minimum atomic E-state index is 0. The zero-order valence-electron chi connectivity index (χ0n) is 17.2. The molecule has 0 spiro atoms. The maximum absolute atomic E-state index is 6.06. The van der Waals surface area contributed by atoms with E-state index in [0.717, 1.165) is 36.4 Å². The van der Waals surface area contributed by atoms with Crippen LogP contribution in [0, 0.1) is 20.8 Å². The van der Waals surface area contributed by atoms with Gasteiger partial charge in [0.25, 0.3) is 5.19 Å².